The molecular weight excluding hydrogens is 298 g/mol. The lowest BCUT2D eigenvalue weighted by atomic mass is 10.0. The molecule has 0 fully saturated rings. The first-order chi connectivity index (χ1) is 8.65. The molecule has 1 N–H and O–H groups in total. The molecule has 1 aromatic carbocycles. The summed E-state index contributed by atoms with van der Waals surface area (Å²) < 4.78 is 5.95. The average Bonchev–Trinajstić information content (AvgIpc) is 2.74. The Bertz CT molecular complexity index is 577. The van der Waals surface area contributed by atoms with Gasteiger partial charge < -0.3 is 9.63 Å². The highest BCUT2D eigenvalue weighted by molar-refractivity contribution is 9.10. The Labute approximate surface area is 113 Å². The van der Waals surface area contributed by atoms with Crippen molar-refractivity contribution in [2.24, 2.45) is 0 Å². The minimum Gasteiger partial charge on any atom is -0.477 e. The fourth-order valence-corrected chi connectivity index (χ4v) is 2.25. The highest BCUT2D eigenvalue weighted by Gasteiger charge is 2.23. The summed E-state index contributed by atoms with van der Waals surface area (Å²) in [4.78, 5) is 11.3. The monoisotopic (exact) mass is 309 g/mol. The normalized spacial score (nSPS) is 10.6. The van der Waals surface area contributed by atoms with Crippen molar-refractivity contribution in [3.63, 3.8) is 0 Å². The van der Waals surface area contributed by atoms with Crippen LogP contribution in [0.1, 0.15) is 29.5 Å². The Morgan fingerprint density at radius 1 is 1.44 bits per heavy atom. The number of hydrogen-bond acceptors (Lipinski definition) is 3. The maximum Gasteiger partial charge on any atom is 0.341 e. The predicted molar refractivity (Wildman–Crippen MR) is 70.6 cm³/mol. The zero-order chi connectivity index (χ0) is 13.1. The largest absolute Gasteiger partial charge is 0.477 e. The molecule has 1 aromatic heterocycles. The van der Waals surface area contributed by atoms with Gasteiger partial charge in [-0.05, 0) is 12.5 Å². The van der Waals surface area contributed by atoms with E-state index in [-0.39, 0.29) is 5.56 Å². The van der Waals surface area contributed by atoms with Gasteiger partial charge in [0.15, 0.2) is 5.76 Å². The number of halogens is 1. The van der Waals surface area contributed by atoms with Crippen molar-refractivity contribution in [2.45, 2.75) is 19.8 Å². The molecule has 5 heteroatoms. The lowest BCUT2D eigenvalue weighted by Gasteiger charge is -2.01. The van der Waals surface area contributed by atoms with Gasteiger partial charge in [0.25, 0.3) is 0 Å². The van der Waals surface area contributed by atoms with Crippen LogP contribution >= 0.6 is 15.9 Å². The number of hydrogen-bond donors (Lipinski definition) is 1. The second kappa shape index (κ2) is 5.35. The Morgan fingerprint density at radius 3 is 2.78 bits per heavy atom. The number of benzene rings is 1. The Morgan fingerprint density at radius 2 is 2.17 bits per heavy atom. The molecule has 0 saturated heterocycles. The van der Waals surface area contributed by atoms with Crippen molar-refractivity contribution in [2.75, 3.05) is 0 Å². The van der Waals surface area contributed by atoms with Crippen LogP contribution in [0.5, 0.6) is 0 Å². The van der Waals surface area contributed by atoms with Crippen LogP contribution in [0, 0.1) is 0 Å². The van der Waals surface area contributed by atoms with Gasteiger partial charge in [-0.15, -0.1) is 0 Å². The van der Waals surface area contributed by atoms with Gasteiger partial charge in [-0.1, -0.05) is 46.2 Å². The number of aromatic carboxylic acids is 1. The molecule has 2 aromatic rings. The number of nitrogens with zero attached hydrogens (tertiary/aromatic N) is 1. The molecule has 0 bridgehead atoms. The maximum absolute atomic E-state index is 11.3. The maximum atomic E-state index is 11.3. The van der Waals surface area contributed by atoms with Gasteiger partial charge >= 0.3 is 5.97 Å². The number of carboxylic acids is 1. The van der Waals surface area contributed by atoms with E-state index in [0.717, 1.165) is 16.5 Å². The zero-order valence-electron chi connectivity index (χ0n) is 9.81. The summed E-state index contributed by atoms with van der Waals surface area (Å²) in [6.45, 7) is 1.96. The first-order valence-corrected chi connectivity index (χ1v) is 6.41. The van der Waals surface area contributed by atoms with Crippen LogP contribution in [0.25, 0.3) is 11.3 Å². The highest BCUT2D eigenvalue weighted by Crippen LogP contribution is 2.31. The Balaban J connectivity index is 2.58. The zero-order valence-corrected chi connectivity index (χ0v) is 11.4. The van der Waals surface area contributed by atoms with E-state index in [0.29, 0.717) is 17.9 Å². The molecule has 0 aliphatic rings. The molecule has 18 heavy (non-hydrogen) atoms. The molecule has 0 saturated carbocycles. The van der Waals surface area contributed by atoms with Crippen LogP contribution < -0.4 is 0 Å². The minimum absolute atomic E-state index is 0.156. The highest BCUT2D eigenvalue weighted by atomic mass is 79.9. The summed E-state index contributed by atoms with van der Waals surface area (Å²) in [5.74, 6) is -0.582. The first kappa shape index (κ1) is 12.8. The molecule has 0 radical (unpaired) electrons. The van der Waals surface area contributed by atoms with Gasteiger partial charge in [-0.25, -0.2) is 4.79 Å². The fraction of sp³-hybridized carbons (Fsp3) is 0.231. The number of rotatable bonds is 4. The van der Waals surface area contributed by atoms with E-state index in [1.807, 2.05) is 31.2 Å². The summed E-state index contributed by atoms with van der Waals surface area (Å²) in [6, 6.07) is 7.35. The smallest absolute Gasteiger partial charge is 0.341 e. The van der Waals surface area contributed by atoms with Gasteiger partial charge in [-0.3, -0.25) is 0 Å². The number of aryl methyl sites for hydroxylation is 1. The van der Waals surface area contributed by atoms with E-state index in [2.05, 4.69) is 21.1 Å². The molecule has 4 nitrogen and oxygen atoms in total. The standard InChI is InChI=1S/C13H12BrNO3/c1-2-5-10-11(13(16)17)12(15-18-10)8-6-3-4-7-9(8)14/h3-4,6-7H,2,5H2,1H3,(H,16,17). The van der Waals surface area contributed by atoms with Crippen molar-refractivity contribution >= 4 is 21.9 Å². The second-order valence-corrected chi connectivity index (χ2v) is 4.72. The molecule has 0 unspecified atom stereocenters. The van der Waals surface area contributed by atoms with Gasteiger partial charge in [0.2, 0.25) is 0 Å². The fourth-order valence-electron chi connectivity index (χ4n) is 1.78. The quantitative estimate of drug-likeness (QED) is 0.934. The van der Waals surface area contributed by atoms with Crippen molar-refractivity contribution < 1.29 is 14.4 Å². The summed E-state index contributed by atoms with van der Waals surface area (Å²) >= 11 is 3.39. The van der Waals surface area contributed by atoms with Crippen LogP contribution in [0.4, 0.5) is 0 Å². The molecule has 0 amide bonds. The molecule has 0 atom stereocenters. The topological polar surface area (TPSA) is 63.3 Å². The number of aromatic nitrogens is 1. The molecule has 94 valence electrons. The van der Waals surface area contributed by atoms with E-state index < -0.39 is 5.97 Å². The Hall–Kier alpha value is -1.62. The van der Waals surface area contributed by atoms with E-state index in [1.54, 1.807) is 0 Å². The van der Waals surface area contributed by atoms with Gasteiger partial charge in [-0.2, -0.15) is 0 Å². The van der Waals surface area contributed by atoms with Gasteiger partial charge in [0.05, 0.1) is 0 Å². The van der Waals surface area contributed by atoms with Crippen molar-refractivity contribution in [3.8, 4) is 11.3 Å². The number of carbonyl (C=O) groups is 1. The van der Waals surface area contributed by atoms with E-state index in [1.165, 1.54) is 0 Å². The molecule has 1 heterocycles. The van der Waals surface area contributed by atoms with Crippen LogP contribution in [0.3, 0.4) is 0 Å². The summed E-state index contributed by atoms with van der Waals surface area (Å²) in [7, 11) is 0. The minimum atomic E-state index is -1.01. The third kappa shape index (κ3) is 2.31. The van der Waals surface area contributed by atoms with E-state index >= 15 is 0 Å². The van der Waals surface area contributed by atoms with Crippen LogP contribution in [0.15, 0.2) is 33.3 Å². The number of carboxylic acid groups (broad SMARTS) is 1. The lowest BCUT2D eigenvalue weighted by molar-refractivity contribution is 0.0695. The average molecular weight is 310 g/mol. The van der Waals surface area contributed by atoms with Crippen molar-refractivity contribution in [1.82, 2.24) is 5.16 Å². The van der Waals surface area contributed by atoms with E-state index in [9.17, 15) is 9.90 Å². The molecular formula is C13H12BrNO3. The molecule has 0 aliphatic heterocycles. The van der Waals surface area contributed by atoms with Crippen LogP contribution in [-0.4, -0.2) is 16.2 Å². The predicted octanol–water partition coefficient (Wildman–Crippen LogP) is 3.75. The third-order valence-corrected chi connectivity index (χ3v) is 3.27. The summed E-state index contributed by atoms with van der Waals surface area (Å²) in [5.41, 5.74) is 1.25. The van der Waals surface area contributed by atoms with Gasteiger partial charge in [0, 0.05) is 16.5 Å². The molecule has 0 spiro atoms. The SMILES string of the molecule is CCCc1onc(-c2ccccc2Br)c1C(=O)O. The second-order valence-electron chi connectivity index (χ2n) is 3.86. The Kier molecular flexibility index (Phi) is 3.81. The van der Waals surface area contributed by atoms with Crippen LogP contribution in [-0.2, 0) is 6.42 Å². The summed E-state index contributed by atoms with van der Waals surface area (Å²) in [6.07, 6.45) is 1.38. The third-order valence-electron chi connectivity index (χ3n) is 2.58. The van der Waals surface area contributed by atoms with Gasteiger partial charge in [0.1, 0.15) is 11.3 Å². The summed E-state index contributed by atoms with van der Waals surface area (Å²) in [5, 5.41) is 13.2. The first-order valence-electron chi connectivity index (χ1n) is 5.62. The van der Waals surface area contributed by atoms with Crippen molar-refractivity contribution in [3.05, 3.63) is 40.1 Å². The van der Waals surface area contributed by atoms with Crippen LogP contribution in [0.2, 0.25) is 0 Å². The molecule has 2 rings (SSSR count). The van der Waals surface area contributed by atoms with Crippen molar-refractivity contribution in [1.29, 1.82) is 0 Å². The molecule has 0 aliphatic carbocycles. The lowest BCUT2D eigenvalue weighted by Crippen LogP contribution is -2.01. The van der Waals surface area contributed by atoms with E-state index in [4.69, 9.17) is 4.52 Å².